The Morgan fingerprint density at radius 3 is 1.95 bits per heavy atom. The molecular weight excluding hydrogens is 813 g/mol. The van der Waals surface area contributed by atoms with Crippen molar-refractivity contribution in [1.29, 1.82) is 0 Å². The van der Waals surface area contributed by atoms with Crippen molar-refractivity contribution in [2.45, 2.75) is 169 Å². The molecular formula is C55H76N4O6. The van der Waals surface area contributed by atoms with Crippen LogP contribution in [0.3, 0.4) is 0 Å². The average molecular weight is 889 g/mol. The van der Waals surface area contributed by atoms with Gasteiger partial charge in [-0.2, -0.15) is 0 Å². The summed E-state index contributed by atoms with van der Waals surface area (Å²) in [4.78, 5) is 42.1. The van der Waals surface area contributed by atoms with Gasteiger partial charge in [-0.3, -0.25) is 9.59 Å². The molecule has 5 heterocycles. The molecule has 5 aliphatic heterocycles. The number of unbranched alkanes of at least 4 members (excludes halogenated alkanes) is 17. The molecule has 0 radical (unpaired) electrons. The van der Waals surface area contributed by atoms with Gasteiger partial charge in [-0.25, -0.2) is 15.0 Å². The third-order valence-corrected chi connectivity index (χ3v) is 14.3. The van der Waals surface area contributed by atoms with Gasteiger partial charge < -0.3 is 25.0 Å². The number of nitrogens with zero attached hydrogens (tertiary/aromatic N) is 3. The number of aliphatic hydroxyl groups is 2. The van der Waals surface area contributed by atoms with Crippen LogP contribution in [0, 0.1) is 17.8 Å². The van der Waals surface area contributed by atoms with Crippen molar-refractivity contribution in [2.24, 2.45) is 32.7 Å². The van der Waals surface area contributed by atoms with E-state index < -0.39 is 11.9 Å². The summed E-state index contributed by atoms with van der Waals surface area (Å²) in [6, 6.07) is 0. The number of aliphatic hydroxyl groups excluding tert-OH is 2. The van der Waals surface area contributed by atoms with Gasteiger partial charge in [0.05, 0.1) is 54.5 Å². The van der Waals surface area contributed by atoms with Crippen molar-refractivity contribution >= 4 is 29.1 Å². The Bertz CT molecular complexity index is 2180. The number of esters is 2. The molecule has 10 nitrogen and oxygen atoms in total. The molecule has 1 fully saturated rings. The summed E-state index contributed by atoms with van der Waals surface area (Å²) in [6.07, 6.45) is 32.4. The zero-order valence-electron chi connectivity index (χ0n) is 40.4. The molecule has 65 heavy (non-hydrogen) atoms. The minimum atomic E-state index is -1.10. The second-order valence-corrected chi connectivity index (χ2v) is 18.7. The number of carbonyl (C=O) groups is 2. The van der Waals surface area contributed by atoms with Gasteiger partial charge in [0.2, 0.25) is 0 Å². The number of allylic oxidation sites excluding steroid dienone is 10. The molecule has 3 atom stereocenters. The fourth-order valence-electron chi connectivity index (χ4n) is 10.4. The summed E-state index contributed by atoms with van der Waals surface area (Å²) in [5.41, 5.74) is 10.6. The summed E-state index contributed by atoms with van der Waals surface area (Å²) in [5, 5.41) is 26.1. The number of nitrogens with one attached hydrogen (secondary N) is 1. The van der Waals surface area contributed by atoms with Gasteiger partial charge in [0, 0.05) is 51.9 Å². The van der Waals surface area contributed by atoms with E-state index in [0.29, 0.717) is 64.7 Å². The number of rotatable bonds is 26. The lowest BCUT2D eigenvalue weighted by atomic mass is 9.84. The topological polar surface area (TPSA) is 142 Å². The Kier molecular flexibility index (Phi) is 18.4. The van der Waals surface area contributed by atoms with Crippen LogP contribution in [0.1, 0.15) is 169 Å². The van der Waals surface area contributed by atoms with E-state index in [1.165, 1.54) is 103 Å². The summed E-state index contributed by atoms with van der Waals surface area (Å²) < 4.78 is 11.1. The molecule has 0 aromatic heterocycles. The highest BCUT2D eigenvalue weighted by molar-refractivity contribution is 6.24. The Balaban J connectivity index is 1.11. The number of methoxy groups -OCH3 is 1. The SMILES string of the molecule is C=CC1=C(C)C2=NC1=CC1=NC(=CC3=C(C)C4=C(O)[C@H](C(=O)OC)C(=C5NC(=C2)[C@@H](C)[C@@H]5CCC(=O)OCCCCCCCCCCCCCCCCCCCC)C4=N3)C(CC)=C1CO. The van der Waals surface area contributed by atoms with Crippen molar-refractivity contribution in [3.63, 3.8) is 0 Å². The predicted octanol–water partition coefficient (Wildman–Crippen LogP) is 12.6. The molecule has 0 amide bonds. The lowest BCUT2D eigenvalue weighted by Gasteiger charge is -2.20. The van der Waals surface area contributed by atoms with Crippen LogP contribution in [-0.4, -0.2) is 59.6 Å². The molecule has 6 aliphatic rings. The maximum absolute atomic E-state index is 13.6. The predicted molar refractivity (Wildman–Crippen MR) is 264 cm³/mol. The largest absolute Gasteiger partial charge is 0.510 e. The van der Waals surface area contributed by atoms with E-state index in [2.05, 4.69) is 25.7 Å². The highest BCUT2D eigenvalue weighted by Crippen LogP contribution is 2.49. The van der Waals surface area contributed by atoms with Crippen LogP contribution < -0.4 is 5.32 Å². The van der Waals surface area contributed by atoms with Gasteiger partial charge in [-0.05, 0) is 68.1 Å². The number of hydrogen-bond donors (Lipinski definition) is 3. The Labute approximate surface area is 389 Å². The first-order chi connectivity index (χ1) is 31.6. The molecule has 1 aliphatic carbocycles. The van der Waals surface area contributed by atoms with Crippen molar-refractivity contribution in [3.05, 3.63) is 104 Å². The minimum absolute atomic E-state index is 0.112. The van der Waals surface area contributed by atoms with E-state index in [9.17, 15) is 19.8 Å². The number of hydrogen-bond acceptors (Lipinski definition) is 10. The Hall–Kier alpha value is -4.83. The molecule has 10 heteroatoms. The molecule has 3 N–H and O–H groups in total. The quantitative estimate of drug-likeness (QED) is 0.0580. The first-order valence-electron chi connectivity index (χ1n) is 25.1. The first-order valence-corrected chi connectivity index (χ1v) is 25.1. The maximum Gasteiger partial charge on any atom is 0.321 e. The Morgan fingerprint density at radius 2 is 1.38 bits per heavy atom. The maximum atomic E-state index is 13.6. The fraction of sp³-hybridized carbons (Fsp3) is 0.582. The van der Waals surface area contributed by atoms with Crippen LogP contribution in [0.25, 0.3) is 0 Å². The van der Waals surface area contributed by atoms with Crippen LogP contribution in [0.15, 0.2) is 119 Å². The second-order valence-electron chi connectivity index (χ2n) is 18.7. The van der Waals surface area contributed by atoms with Gasteiger partial charge in [-0.15, -0.1) is 0 Å². The molecule has 8 bridgehead atoms. The van der Waals surface area contributed by atoms with E-state index in [4.69, 9.17) is 24.5 Å². The lowest BCUT2D eigenvalue weighted by molar-refractivity contribution is -0.144. The normalized spacial score (nSPS) is 21.2. The van der Waals surface area contributed by atoms with E-state index in [0.717, 1.165) is 58.7 Å². The second kappa shape index (κ2) is 24.1. The average Bonchev–Trinajstić information content (AvgIpc) is 4.06. The van der Waals surface area contributed by atoms with Crippen LogP contribution in [-0.2, 0) is 19.1 Å². The van der Waals surface area contributed by atoms with Crippen LogP contribution in [0.2, 0.25) is 0 Å². The molecule has 352 valence electrons. The van der Waals surface area contributed by atoms with Crippen molar-refractivity contribution < 1.29 is 29.3 Å². The first kappa shape index (κ1) is 49.6. The van der Waals surface area contributed by atoms with Crippen LogP contribution in [0.4, 0.5) is 0 Å². The van der Waals surface area contributed by atoms with Gasteiger partial charge in [0.15, 0.2) is 0 Å². The van der Waals surface area contributed by atoms with Crippen LogP contribution in [0.5, 0.6) is 0 Å². The van der Waals surface area contributed by atoms with Gasteiger partial charge in [-0.1, -0.05) is 143 Å². The molecule has 0 spiro atoms. The fourth-order valence-corrected chi connectivity index (χ4v) is 10.4. The molecule has 0 saturated carbocycles. The van der Waals surface area contributed by atoms with E-state index >= 15 is 0 Å². The number of ether oxygens (including phenoxy) is 2. The van der Waals surface area contributed by atoms with Crippen molar-refractivity contribution in [3.8, 4) is 0 Å². The molecule has 6 rings (SSSR count). The number of fused-ring (bicyclic) bond motifs is 5. The summed E-state index contributed by atoms with van der Waals surface area (Å²) in [6.45, 7) is 14.6. The third-order valence-electron chi connectivity index (χ3n) is 14.3. The number of carbonyl (C=O) groups excluding carboxylic acids is 2. The summed E-state index contributed by atoms with van der Waals surface area (Å²) in [5.74, 6) is -2.40. The lowest BCUT2D eigenvalue weighted by Crippen LogP contribution is -2.25. The Morgan fingerprint density at radius 1 is 0.785 bits per heavy atom. The van der Waals surface area contributed by atoms with Gasteiger partial charge in [0.25, 0.3) is 0 Å². The van der Waals surface area contributed by atoms with E-state index in [-0.39, 0.29) is 36.6 Å². The van der Waals surface area contributed by atoms with Crippen molar-refractivity contribution in [2.75, 3.05) is 20.3 Å². The third kappa shape index (κ3) is 11.6. The molecule has 0 aromatic carbocycles. The van der Waals surface area contributed by atoms with Crippen LogP contribution >= 0.6 is 0 Å². The monoisotopic (exact) mass is 889 g/mol. The summed E-state index contributed by atoms with van der Waals surface area (Å²) in [7, 11) is 1.32. The highest BCUT2D eigenvalue weighted by Gasteiger charge is 2.49. The van der Waals surface area contributed by atoms with Gasteiger partial charge >= 0.3 is 11.9 Å². The molecule has 1 saturated heterocycles. The zero-order chi connectivity index (χ0) is 46.5. The summed E-state index contributed by atoms with van der Waals surface area (Å²) >= 11 is 0. The van der Waals surface area contributed by atoms with E-state index in [1.54, 1.807) is 6.08 Å². The van der Waals surface area contributed by atoms with E-state index in [1.807, 2.05) is 39.0 Å². The smallest absolute Gasteiger partial charge is 0.321 e. The standard InChI is InChI=1S/C55H76N4O6/c1-8-11-12-13-14-15-16-17-18-19-20-21-22-23-24-25-26-27-30-65-48(61)29-28-40-36(5)43-31-42-35(4)38(9-2)45(56-42)33-47-41(34-60)39(10-3)46(57-47)32-44-37(6)49-53(59-44)50(52(40)58-43)51(54(49)62)55(63)64-7/h9,31-33,36,40,51,58,60,62H,2,8,10-30,34H2,1,3-7H3/t36-,40-,51+/m0/s1. The highest BCUT2D eigenvalue weighted by atomic mass is 16.5. The van der Waals surface area contributed by atoms with Gasteiger partial charge in [0.1, 0.15) is 11.7 Å². The molecule has 0 aromatic rings. The van der Waals surface area contributed by atoms with Crippen molar-refractivity contribution in [1.82, 2.24) is 5.32 Å². The number of aliphatic imine (C=N–C) groups is 3. The molecule has 0 unspecified atom stereocenters. The minimum Gasteiger partial charge on any atom is -0.510 e. The zero-order valence-corrected chi connectivity index (χ0v) is 40.4.